The van der Waals surface area contributed by atoms with Crippen molar-refractivity contribution < 1.29 is 4.79 Å². The average Bonchev–Trinajstić information content (AvgIpc) is 2.94. The lowest BCUT2D eigenvalue weighted by Crippen LogP contribution is -2.26. The minimum atomic E-state index is 0.136. The van der Waals surface area contributed by atoms with E-state index in [2.05, 4.69) is 4.98 Å². The summed E-state index contributed by atoms with van der Waals surface area (Å²) in [4.78, 5) is 18.0. The van der Waals surface area contributed by atoms with Gasteiger partial charge in [-0.1, -0.05) is 6.07 Å². The van der Waals surface area contributed by atoms with Gasteiger partial charge in [0, 0.05) is 31.2 Å². The molecule has 0 radical (unpaired) electrons. The third kappa shape index (κ3) is 1.69. The number of rotatable bonds is 2. The molecule has 2 aromatic rings. The molecule has 1 atom stereocenters. The number of aromatic nitrogens is 2. The highest BCUT2D eigenvalue weighted by Crippen LogP contribution is 2.26. The summed E-state index contributed by atoms with van der Waals surface area (Å²) in [5.74, 6) is 1.79. The number of carbonyl (C=O) groups is 1. The van der Waals surface area contributed by atoms with E-state index >= 15 is 0 Å². The van der Waals surface area contributed by atoms with E-state index in [9.17, 15) is 4.79 Å². The lowest BCUT2D eigenvalue weighted by Gasteiger charge is -2.17. The number of imidazole rings is 1. The molecule has 3 heterocycles. The van der Waals surface area contributed by atoms with Gasteiger partial charge in [0.2, 0.25) is 5.91 Å². The molecule has 5 heteroatoms. The SMILES string of the molecule is O=C1CC(CCl)CN1c1cccc2nccn12. The quantitative estimate of drug-likeness (QED) is 0.763. The highest BCUT2D eigenvalue weighted by Gasteiger charge is 2.30. The highest BCUT2D eigenvalue weighted by molar-refractivity contribution is 6.18. The Morgan fingerprint density at radius 2 is 2.35 bits per heavy atom. The molecular formula is C12H12ClN3O. The molecule has 1 fully saturated rings. The van der Waals surface area contributed by atoms with Crippen molar-refractivity contribution in [1.29, 1.82) is 0 Å². The summed E-state index contributed by atoms with van der Waals surface area (Å²) in [6.07, 6.45) is 4.14. The third-order valence-corrected chi connectivity index (χ3v) is 3.54. The zero-order chi connectivity index (χ0) is 11.8. The minimum Gasteiger partial charge on any atom is -0.298 e. The van der Waals surface area contributed by atoms with E-state index < -0.39 is 0 Å². The molecule has 3 rings (SSSR count). The molecule has 1 aliphatic heterocycles. The van der Waals surface area contributed by atoms with Crippen LogP contribution >= 0.6 is 11.6 Å². The summed E-state index contributed by atoms with van der Waals surface area (Å²) < 4.78 is 1.93. The maximum absolute atomic E-state index is 11.9. The predicted molar refractivity (Wildman–Crippen MR) is 66.4 cm³/mol. The molecule has 0 aromatic carbocycles. The van der Waals surface area contributed by atoms with Crippen LogP contribution in [-0.4, -0.2) is 27.7 Å². The number of nitrogens with zero attached hydrogens (tertiary/aromatic N) is 3. The molecule has 1 aliphatic rings. The zero-order valence-electron chi connectivity index (χ0n) is 9.21. The van der Waals surface area contributed by atoms with Crippen LogP contribution < -0.4 is 4.90 Å². The summed E-state index contributed by atoms with van der Waals surface area (Å²) in [5, 5.41) is 0. The number of halogens is 1. The monoisotopic (exact) mass is 249 g/mol. The summed E-state index contributed by atoms with van der Waals surface area (Å²) in [6.45, 7) is 0.694. The second-order valence-electron chi connectivity index (χ2n) is 4.27. The van der Waals surface area contributed by atoms with Crippen molar-refractivity contribution in [1.82, 2.24) is 9.38 Å². The van der Waals surface area contributed by atoms with Gasteiger partial charge in [0.05, 0.1) is 0 Å². The van der Waals surface area contributed by atoms with Crippen molar-refractivity contribution in [2.75, 3.05) is 17.3 Å². The molecule has 0 saturated carbocycles. The van der Waals surface area contributed by atoms with Crippen molar-refractivity contribution >= 4 is 29.0 Å². The van der Waals surface area contributed by atoms with Crippen LogP contribution in [0, 0.1) is 5.92 Å². The maximum Gasteiger partial charge on any atom is 0.228 e. The zero-order valence-corrected chi connectivity index (χ0v) is 9.97. The Hall–Kier alpha value is -1.55. The van der Waals surface area contributed by atoms with E-state index in [1.54, 1.807) is 11.1 Å². The summed E-state index contributed by atoms with van der Waals surface area (Å²) in [6, 6.07) is 5.77. The van der Waals surface area contributed by atoms with Gasteiger partial charge in [0.1, 0.15) is 11.5 Å². The molecule has 88 valence electrons. The predicted octanol–water partition coefficient (Wildman–Crippen LogP) is 1.93. The summed E-state index contributed by atoms with van der Waals surface area (Å²) in [7, 11) is 0. The molecule has 4 nitrogen and oxygen atoms in total. The second kappa shape index (κ2) is 4.04. The highest BCUT2D eigenvalue weighted by atomic mass is 35.5. The van der Waals surface area contributed by atoms with Gasteiger partial charge in [-0.15, -0.1) is 11.6 Å². The molecule has 0 N–H and O–H groups in total. The lowest BCUT2D eigenvalue weighted by atomic mass is 10.1. The molecule has 17 heavy (non-hydrogen) atoms. The molecule has 2 aromatic heterocycles. The average molecular weight is 250 g/mol. The normalized spacial score (nSPS) is 20.4. The first-order valence-corrected chi connectivity index (χ1v) is 6.11. The summed E-state index contributed by atoms with van der Waals surface area (Å²) >= 11 is 5.82. The minimum absolute atomic E-state index is 0.136. The number of fused-ring (bicyclic) bond motifs is 1. The number of pyridine rings is 1. The van der Waals surface area contributed by atoms with Crippen molar-refractivity contribution in [3.05, 3.63) is 30.6 Å². The van der Waals surface area contributed by atoms with Crippen molar-refractivity contribution in [2.24, 2.45) is 5.92 Å². The maximum atomic E-state index is 11.9. The molecule has 1 unspecified atom stereocenters. The first kappa shape index (κ1) is 10.6. The van der Waals surface area contributed by atoms with Crippen molar-refractivity contribution in [3.63, 3.8) is 0 Å². The molecule has 1 amide bonds. The van der Waals surface area contributed by atoms with E-state index in [1.807, 2.05) is 28.8 Å². The first-order chi connectivity index (χ1) is 8.29. The number of anilines is 1. The fourth-order valence-electron chi connectivity index (χ4n) is 2.26. The molecular weight excluding hydrogens is 238 g/mol. The van der Waals surface area contributed by atoms with Gasteiger partial charge in [-0.3, -0.25) is 14.1 Å². The van der Waals surface area contributed by atoms with E-state index in [1.165, 1.54) is 0 Å². The Kier molecular flexibility index (Phi) is 2.52. The van der Waals surface area contributed by atoms with Crippen LogP contribution in [0.2, 0.25) is 0 Å². The van der Waals surface area contributed by atoms with Gasteiger partial charge in [-0.25, -0.2) is 4.98 Å². The molecule has 0 spiro atoms. The number of amides is 1. The molecule has 0 aliphatic carbocycles. The van der Waals surface area contributed by atoms with Crippen LogP contribution in [0.25, 0.3) is 5.65 Å². The largest absolute Gasteiger partial charge is 0.298 e. The fourth-order valence-corrected chi connectivity index (χ4v) is 2.47. The second-order valence-corrected chi connectivity index (χ2v) is 4.58. The van der Waals surface area contributed by atoms with Crippen LogP contribution in [0.1, 0.15) is 6.42 Å². The van der Waals surface area contributed by atoms with E-state index in [0.29, 0.717) is 18.8 Å². The van der Waals surface area contributed by atoms with Gasteiger partial charge in [0.15, 0.2) is 0 Å². The lowest BCUT2D eigenvalue weighted by molar-refractivity contribution is -0.117. The Labute approximate surface area is 104 Å². The van der Waals surface area contributed by atoms with Crippen LogP contribution in [0.5, 0.6) is 0 Å². The number of hydrogen-bond acceptors (Lipinski definition) is 2. The topological polar surface area (TPSA) is 37.6 Å². The Morgan fingerprint density at radius 3 is 3.12 bits per heavy atom. The van der Waals surface area contributed by atoms with Crippen molar-refractivity contribution in [3.8, 4) is 0 Å². The fraction of sp³-hybridized carbons (Fsp3) is 0.333. The smallest absolute Gasteiger partial charge is 0.228 e. The standard InChI is InChI=1S/C12H12ClN3O/c13-7-9-6-12(17)16(8-9)11-3-1-2-10-14-4-5-15(10)11/h1-5,9H,6-8H2. The first-order valence-electron chi connectivity index (χ1n) is 5.58. The van der Waals surface area contributed by atoms with Gasteiger partial charge in [0.25, 0.3) is 0 Å². The Bertz CT molecular complexity index is 566. The Balaban J connectivity index is 2.04. The summed E-state index contributed by atoms with van der Waals surface area (Å²) in [5.41, 5.74) is 0.852. The van der Waals surface area contributed by atoms with Crippen molar-refractivity contribution in [2.45, 2.75) is 6.42 Å². The van der Waals surface area contributed by atoms with Crippen LogP contribution in [0.3, 0.4) is 0 Å². The molecule has 0 bridgehead atoms. The van der Waals surface area contributed by atoms with Gasteiger partial charge >= 0.3 is 0 Å². The van der Waals surface area contributed by atoms with Crippen LogP contribution in [0.4, 0.5) is 5.82 Å². The number of alkyl halides is 1. The van der Waals surface area contributed by atoms with E-state index in [0.717, 1.165) is 11.5 Å². The number of carbonyl (C=O) groups excluding carboxylic acids is 1. The van der Waals surface area contributed by atoms with Gasteiger partial charge in [-0.05, 0) is 18.1 Å². The number of hydrogen-bond donors (Lipinski definition) is 0. The van der Waals surface area contributed by atoms with E-state index in [4.69, 9.17) is 11.6 Å². The van der Waals surface area contributed by atoms with Crippen LogP contribution in [0.15, 0.2) is 30.6 Å². The third-order valence-electron chi connectivity index (χ3n) is 3.11. The van der Waals surface area contributed by atoms with E-state index in [-0.39, 0.29) is 11.8 Å². The van der Waals surface area contributed by atoms with Gasteiger partial charge in [-0.2, -0.15) is 0 Å². The van der Waals surface area contributed by atoms with Gasteiger partial charge < -0.3 is 0 Å². The van der Waals surface area contributed by atoms with Crippen LogP contribution in [-0.2, 0) is 4.79 Å². The Morgan fingerprint density at radius 1 is 1.47 bits per heavy atom. The molecule has 1 saturated heterocycles.